The summed E-state index contributed by atoms with van der Waals surface area (Å²) in [7, 11) is 0. The molecule has 1 aliphatic rings. The standard InChI is InChI=1S/C21H19Cl2N5O3/c22-14-6-5-11(7-15(14)23)26-21(31)28-10-17-13(12-3-1-2-4-16(12)27-17)8-18(28)20(30)25-9-19(24)29/h1-7,18,27H,8-10H2,(H2,24,29)(H,25,30)(H,26,31)/t18-/m1/s1. The third-order valence-electron chi connectivity index (χ3n) is 5.18. The van der Waals surface area contributed by atoms with Gasteiger partial charge >= 0.3 is 6.03 Å². The summed E-state index contributed by atoms with van der Waals surface area (Å²) in [6.45, 7) is -0.121. The van der Waals surface area contributed by atoms with Crippen molar-refractivity contribution < 1.29 is 14.4 Å². The maximum absolute atomic E-state index is 13.1. The van der Waals surface area contributed by atoms with E-state index in [0.29, 0.717) is 22.2 Å². The number of primary amides is 1. The van der Waals surface area contributed by atoms with Crippen LogP contribution >= 0.6 is 23.2 Å². The molecule has 2 heterocycles. The Morgan fingerprint density at radius 2 is 1.90 bits per heavy atom. The second-order valence-electron chi connectivity index (χ2n) is 7.22. The van der Waals surface area contributed by atoms with Gasteiger partial charge in [-0.1, -0.05) is 41.4 Å². The Hall–Kier alpha value is -3.23. The quantitative estimate of drug-likeness (QED) is 0.479. The lowest BCUT2D eigenvalue weighted by Crippen LogP contribution is -2.54. The number of benzene rings is 2. The van der Waals surface area contributed by atoms with Gasteiger partial charge in [-0.3, -0.25) is 9.59 Å². The van der Waals surface area contributed by atoms with E-state index in [1.807, 2.05) is 24.3 Å². The number of aromatic nitrogens is 1. The molecule has 0 saturated carbocycles. The number of halogens is 2. The van der Waals surface area contributed by atoms with Gasteiger partial charge < -0.3 is 26.3 Å². The Labute approximate surface area is 187 Å². The number of nitrogens with two attached hydrogens (primary N) is 1. The topological polar surface area (TPSA) is 120 Å². The summed E-state index contributed by atoms with van der Waals surface area (Å²) < 4.78 is 0. The first-order valence-corrected chi connectivity index (χ1v) is 10.3. The highest BCUT2D eigenvalue weighted by molar-refractivity contribution is 6.42. The van der Waals surface area contributed by atoms with Crippen LogP contribution in [-0.4, -0.2) is 40.3 Å². The Bertz CT molecular complexity index is 1190. The van der Waals surface area contributed by atoms with Crippen molar-refractivity contribution in [3.05, 3.63) is 63.8 Å². The zero-order chi connectivity index (χ0) is 22.1. The summed E-state index contributed by atoms with van der Waals surface area (Å²) in [6, 6.07) is 11.1. The van der Waals surface area contributed by atoms with Gasteiger partial charge in [0.2, 0.25) is 11.8 Å². The molecule has 1 aliphatic heterocycles. The van der Waals surface area contributed by atoms with Crippen molar-refractivity contribution in [1.29, 1.82) is 0 Å². The number of hydrogen-bond donors (Lipinski definition) is 4. The fourth-order valence-electron chi connectivity index (χ4n) is 3.72. The van der Waals surface area contributed by atoms with Gasteiger partial charge in [-0.05, 0) is 29.8 Å². The minimum atomic E-state index is -0.825. The molecule has 4 rings (SSSR count). The van der Waals surface area contributed by atoms with E-state index in [2.05, 4.69) is 15.6 Å². The first-order valence-electron chi connectivity index (χ1n) is 9.50. The summed E-state index contributed by atoms with van der Waals surface area (Å²) in [6.07, 6.45) is 0.290. The van der Waals surface area contributed by atoms with Gasteiger partial charge in [0, 0.05) is 28.7 Å². The summed E-state index contributed by atoms with van der Waals surface area (Å²) in [4.78, 5) is 41.8. The van der Waals surface area contributed by atoms with Crippen LogP contribution < -0.4 is 16.4 Å². The molecule has 10 heteroatoms. The lowest BCUT2D eigenvalue weighted by atomic mass is 9.96. The zero-order valence-electron chi connectivity index (χ0n) is 16.2. The number of amides is 4. The number of urea groups is 1. The van der Waals surface area contributed by atoms with Crippen LogP contribution in [0, 0.1) is 0 Å². The third-order valence-corrected chi connectivity index (χ3v) is 5.91. The highest BCUT2D eigenvalue weighted by atomic mass is 35.5. The van der Waals surface area contributed by atoms with Crippen LogP contribution in [0.3, 0.4) is 0 Å². The Morgan fingerprint density at radius 1 is 1.13 bits per heavy atom. The maximum Gasteiger partial charge on any atom is 0.322 e. The number of fused-ring (bicyclic) bond motifs is 3. The lowest BCUT2D eigenvalue weighted by Gasteiger charge is -2.34. The van der Waals surface area contributed by atoms with Gasteiger partial charge in [-0.2, -0.15) is 0 Å². The van der Waals surface area contributed by atoms with E-state index >= 15 is 0 Å². The van der Waals surface area contributed by atoms with Crippen LogP contribution in [0.1, 0.15) is 11.3 Å². The smallest absolute Gasteiger partial charge is 0.322 e. The average Bonchev–Trinajstić information content (AvgIpc) is 3.11. The summed E-state index contributed by atoms with van der Waals surface area (Å²) >= 11 is 12.0. The zero-order valence-corrected chi connectivity index (χ0v) is 17.8. The van der Waals surface area contributed by atoms with E-state index in [1.165, 1.54) is 11.0 Å². The summed E-state index contributed by atoms with van der Waals surface area (Å²) in [5.74, 6) is -1.12. The van der Waals surface area contributed by atoms with Crippen molar-refractivity contribution in [3.8, 4) is 0 Å². The molecule has 5 N–H and O–H groups in total. The molecule has 1 atom stereocenters. The minimum Gasteiger partial charge on any atom is -0.368 e. The van der Waals surface area contributed by atoms with Crippen LogP contribution in [0.25, 0.3) is 10.9 Å². The van der Waals surface area contributed by atoms with E-state index in [0.717, 1.165) is 22.2 Å². The van der Waals surface area contributed by atoms with Gasteiger partial charge in [0.15, 0.2) is 0 Å². The predicted octanol–water partition coefficient (Wildman–Crippen LogP) is 3.04. The number of carbonyl (C=O) groups excluding carboxylic acids is 3. The highest BCUT2D eigenvalue weighted by Crippen LogP contribution is 2.31. The molecular weight excluding hydrogens is 441 g/mol. The Kier molecular flexibility index (Phi) is 5.75. The molecule has 8 nitrogen and oxygen atoms in total. The molecule has 4 amide bonds. The van der Waals surface area contributed by atoms with Gasteiger partial charge in [0.25, 0.3) is 0 Å². The fraction of sp³-hybridized carbons (Fsp3) is 0.190. The molecule has 3 aromatic rings. The SMILES string of the molecule is NC(=O)CNC(=O)[C@H]1Cc2c([nH]c3ccccc23)CN1C(=O)Nc1ccc(Cl)c(Cl)c1. The monoisotopic (exact) mass is 459 g/mol. The number of carbonyl (C=O) groups is 3. The number of anilines is 1. The molecule has 160 valence electrons. The van der Waals surface area contributed by atoms with Crippen molar-refractivity contribution in [1.82, 2.24) is 15.2 Å². The number of para-hydroxylation sites is 1. The van der Waals surface area contributed by atoms with Crippen LogP contribution in [0.15, 0.2) is 42.5 Å². The molecule has 0 bridgehead atoms. The van der Waals surface area contributed by atoms with E-state index in [1.54, 1.807) is 12.1 Å². The number of rotatable bonds is 4. The number of aromatic amines is 1. The van der Waals surface area contributed by atoms with Crippen molar-refractivity contribution >= 4 is 57.6 Å². The van der Waals surface area contributed by atoms with Crippen LogP contribution in [0.4, 0.5) is 10.5 Å². The second-order valence-corrected chi connectivity index (χ2v) is 8.03. The molecule has 0 saturated heterocycles. The van der Waals surface area contributed by atoms with Gasteiger partial charge in [-0.15, -0.1) is 0 Å². The second kappa shape index (κ2) is 8.49. The number of nitrogens with zero attached hydrogens (tertiary/aromatic N) is 1. The molecule has 0 unspecified atom stereocenters. The van der Waals surface area contributed by atoms with Gasteiger partial charge in [0.05, 0.1) is 23.1 Å². The first-order chi connectivity index (χ1) is 14.8. The van der Waals surface area contributed by atoms with Gasteiger partial charge in [-0.25, -0.2) is 4.79 Å². The maximum atomic E-state index is 13.1. The molecule has 0 aliphatic carbocycles. The summed E-state index contributed by atoms with van der Waals surface area (Å²) in [5.41, 5.74) is 8.34. The molecule has 0 radical (unpaired) electrons. The molecular formula is C21H19Cl2N5O3. The van der Waals surface area contributed by atoms with Crippen molar-refractivity contribution in [3.63, 3.8) is 0 Å². The molecule has 0 spiro atoms. The van der Waals surface area contributed by atoms with E-state index in [4.69, 9.17) is 28.9 Å². The van der Waals surface area contributed by atoms with Gasteiger partial charge in [0.1, 0.15) is 6.04 Å². The molecule has 0 fully saturated rings. The third kappa shape index (κ3) is 4.30. The van der Waals surface area contributed by atoms with Crippen molar-refractivity contribution in [2.24, 2.45) is 5.73 Å². The minimum absolute atomic E-state index is 0.186. The van der Waals surface area contributed by atoms with E-state index in [9.17, 15) is 14.4 Å². The summed E-state index contributed by atoms with van der Waals surface area (Å²) in [5, 5.41) is 6.91. The first kappa shape index (κ1) is 21.0. The Morgan fingerprint density at radius 3 is 2.65 bits per heavy atom. The van der Waals surface area contributed by atoms with Crippen LogP contribution in [0.2, 0.25) is 10.0 Å². The van der Waals surface area contributed by atoms with Crippen LogP contribution in [0.5, 0.6) is 0 Å². The fourth-order valence-corrected chi connectivity index (χ4v) is 4.01. The van der Waals surface area contributed by atoms with Crippen molar-refractivity contribution in [2.75, 3.05) is 11.9 Å². The molecule has 1 aromatic heterocycles. The average molecular weight is 460 g/mol. The predicted molar refractivity (Wildman–Crippen MR) is 119 cm³/mol. The van der Waals surface area contributed by atoms with E-state index < -0.39 is 23.9 Å². The largest absolute Gasteiger partial charge is 0.368 e. The van der Waals surface area contributed by atoms with Crippen LogP contribution in [-0.2, 0) is 22.6 Å². The molecule has 2 aromatic carbocycles. The number of nitrogens with one attached hydrogen (secondary N) is 3. The van der Waals surface area contributed by atoms with E-state index in [-0.39, 0.29) is 13.1 Å². The Balaban J connectivity index is 1.64. The van der Waals surface area contributed by atoms with Crippen molar-refractivity contribution in [2.45, 2.75) is 19.0 Å². The lowest BCUT2D eigenvalue weighted by molar-refractivity contribution is -0.128. The molecule has 31 heavy (non-hydrogen) atoms. The highest BCUT2D eigenvalue weighted by Gasteiger charge is 2.36. The normalized spacial score (nSPS) is 15.4. The number of hydrogen-bond acceptors (Lipinski definition) is 3. The number of H-pyrrole nitrogens is 1.